The van der Waals surface area contributed by atoms with Gasteiger partial charge in [-0.3, -0.25) is 14.4 Å². The van der Waals surface area contributed by atoms with Crippen LogP contribution in [0.3, 0.4) is 0 Å². The molecule has 0 aromatic heterocycles. The quantitative estimate of drug-likeness (QED) is 0.692. The van der Waals surface area contributed by atoms with Crippen molar-refractivity contribution in [1.82, 2.24) is 14.7 Å². The molecule has 2 aliphatic rings. The molecule has 0 unspecified atom stereocenters. The monoisotopic (exact) mass is 397 g/mol. The van der Waals surface area contributed by atoms with E-state index >= 15 is 0 Å². The highest BCUT2D eigenvalue weighted by atomic mass is 19.3. The number of alkyl halides is 2. The molecule has 2 heterocycles. The Bertz CT molecular complexity index is 732. The number of nitrogens with zero attached hydrogens (tertiary/aromatic N) is 3. The van der Waals surface area contributed by atoms with E-state index in [1.165, 1.54) is 39.0 Å². The van der Waals surface area contributed by atoms with Gasteiger partial charge in [0.2, 0.25) is 0 Å². The zero-order valence-corrected chi connectivity index (χ0v) is 15.2. The lowest BCUT2D eigenvalue weighted by Gasteiger charge is -2.36. The summed E-state index contributed by atoms with van der Waals surface area (Å²) in [5.41, 5.74) is 0.224. The Balaban J connectivity index is 1.55. The third-order valence-corrected chi connectivity index (χ3v) is 4.64. The Labute approximate surface area is 160 Å². The Morgan fingerprint density at radius 1 is 0.893 bits per heavy atom. The minimum Gasteiger partial charge on any atom is -0.435 e. The van der Waals surface area contributed by atoms with Gasteiger partial charge >= 0.3 is 18.4 Å². The van der Waals surface area contributed by atoms with Crippen molar-refractivity contribution in [2.24, 2.45) is 0 Å². The summed E-state index contributed by atoms with van der Waals surface area (Å²) in [5.74, 6) is -1.57. The summed E-state index contributed by atoms with van der Waals surface area (Å²) in [6.45, 7) is -0.404. The van der Waals surface area contributed by atoms with E-state index in [4.69, 9.17) is 4.74 Å². The van der Waals surface area contributed by atoms with Crippen molar-refractivity contribution in [2.75, 3.05) is 52.5 Å². The molecule has 2 aliphatic heterocycles. The van der Waals surface area contributed by atoms with Crippen molar-refractivity contribution in [3.8, 4) is 5.75 Å². The van der Waals surface area contributed by atoms with Crippen molar-refractivity contribution in [2.45, 2.75) is 6.61 Å². The molecule has 8 nitrogen and oxygen atoms in total. The lowest BCUT2D eigenvalue weighted by molar-refractivity contribution is -0.154. The lowest BCUT2D eigenvalue weighted by atomic mass is 10.1. The van der Waals surface area contributed by atoms with Crippen molar-refractivity contribution in [1.29, 1.82) is 0 Å². The second kappa shape index (κ2) is 8.96. The molecule has 152 valence electrons. The molecule has 0 aliphatic carbocycles. The number of halogens is 2. The van der Waals surface area contributed by atoms with Gasteiger partial charge < -0.3 is 24.2 Å². The Kier molecular flexibility index (Phi) is 6.40. The van der Waals surface area contributed by atoms with Gasteiger partial charge in [-0.05, 0) is 18.2 Å². The first-order valence-corrected chi connectivity index (χ1v) is 8.96. The van der Waals surface area contributed by atoms with E-state index in [-0.39, 0.29) is 43.4 Å². The number of hydrogen-bond acceptors (Lipinski definition) is 5. The van der Waals surface area contributed by atoms with Crippen molar-refractivity contribution < 1.29 is 32.6 Å². The predicted octanol–water partition coefficient (Wildman–Crippen LogP) is 0.431. The maximum absolute atomic E-state index is 12.6. The molecule has 0 spiro atoms. The van der Waals surface area contributed by atoms with Crippen LogP contribution in [-0.2, 0) is 14.3 Å². The molecule has 3 rings (SSSR count). The average Bonchev–Trinajstić information content (AvgIpc) is 2.72. The van der Waals surface area contributed by atoms with Gasteiger partial charge in [-0.15, -0.1) is 0 Å². The predicted molar refractivity (Wildman–Crippen MR) is 93.0 cm³/mol. The van der Waals surface area contributed by atoms with E-state index in [2.05, 4.69) is 4.74 Å². The summed E-state index contributed by atoms with van der Waals surface area (Å²) in [6.07, 6.45) is 0. The van der Waals surface area contributed by atoms with Crippen LogP contribution < -0.4 is 4.74 Å². The van der Waals surface area contributed by atoms with Gasteiger partial charge in [-0.2, -0.15) is 8.78 Å². The first-order valence-electron chi connectivity index (χ1n) is 8.96. The van der Waals surface area contributed by atoms with E-state index in [9.17, 15) is 23.2 Å². The van der Waals surface area contributed by atoms with Crippen LogP contribution >= 0.6 is 0 Å². The number of hydrogen-bond donors (Lipinski definition) is 0. The van der Waals surface area contributed by atoms with Gasteiger partial charge in [0.1, 0.15) is 5.75 Å². The SMILES string of the molecule is O=C(C(=O)N1CCN(C(=O)c2cccc(OC(F)F)c2)CC1)N1CCOCC1. The number of ether oxygens (including phenoxy) is 2. The second-order valence-electron chi connectivity index (χ2n) is 6.40. The molecule has 0 atom stereocenters. The van der Waals surface area contributed by atoms with Gasteiger partial charge in [0.05, 0.1) is 13.2 Å². The third kappa shape index (κ3) is 4.75. The van der Waals surface area contributed by atoms with Gasteiger partial charge in [0.25, 0.3) is 5.91 Å². The van der Waals surface area contributed by atoms with Gasteiger partial charge in [-0.25, -0.2) is 0 Å². The van der Waals surface area contributed by atoms with Crippen LogP contribution in [0.5, 0.6) is 5.75 Å². The van der Waals surface area contributed by atoms with Crippen LogP contribution in [0.2, 0.25) is 0 Å². The highest BCUT2D eigenvalue weighted by Gasteiger charge is 2.31. The van der Waals surface area contributed by atoms with E-state index in [0.29, 0.717) is 26.3 Å². The summed E-state index contributed by atoms with van der Waals surface area (Å²) in [4.78, 5) is 41.7. The van der Waals surface area contributed by atoms with Crippen LogP contribution in [0, 0.1) is 0 Å². The normalized spacial score (nSPS) is 17.6. The van der Waals surface area contributed by atoms with Gasteiger partial charge in [0.15, 0.2) is 0 Å². The molecule has 1 aromatic rings. The van der Waals surface area contributed by atoms with Crippen molar-refractivity contribution in [3.63, 3.8) is 0 Å². The van der Waals surface area contributed by atoms with E-state index in [1.807, 2.05) is 0 Å². The van der Waals surface area contributed by atoms with Crippen molar-refractivity contribution >= 4 is 17.7 Å². The van der Waals surface area contributed by atoms with Gasteiger partial charge in [-0.1, -0.05) is 6.07 Å². The Morgan fingerprint density at radius 3 is 2.07 bits per heavy atom. The molecular weight excluding hydrogens is 376 g/mol. The van der Waals surface area contributed by atoms with E-state index < -0.39 is 18.4 Å². The minimum absolute atomic E-state index is 0.0919. The fraction of sp³-hybridized carbons (Fsp3) is 0.500. The standard InChI is InChI=1S/C18H21F2N3O5/c19-18(20)28-14-3-1-2-13(12-14)15(24)21-4-6-22(7-5-21)16(25)17(26)23-8-10-27-11-9-23/h1-3,12,18H,4-11H2. The summed E-state index contributed by atoms with van der Waals surface area (Å²) in [7, 11) is 0. The van der Waals surface area contributed by atoms with Crippen LogP contribution in [0.4, 0.5) is 8.78 Å². The smallest absolute Gasteiger partial charge is 0.387 e. The zero-order chi connectivity index (χ0) is 20.1. The molecule has 28 heavy (non-hydrogen) atoms. The number of benzene rings is 1. The zero-order valence-electron chi connectivity index (χ0n) is 15.2. The molecule has 10 heteroatoms. The molecule has 1 aromatic carbocycles. The van der Waals surface area contributed by atoms with E-state index in [0.717, 1.165) is 0 Å². The molecule has 0 saturated carbocycles. The van der Waals surface area contributed by atoms with Crippen molar-refractivity contribution in [3.05, 3.63) is 29.8 Å². The first kappa shape index (κ1) is 20.0. The molecule has 0 radical (unpaired) electrons. The number of carbonyl (C=O) groups is 3. The van der Waals surface area contributed by atoms with Crippen LogP contribution in [-0.4, -0.2) is 91.5 Å². The molecular formula is C18H21F2N3O5. The topological polar surface area (TPSA) is 79.4 Å². The molecule has 0 bridgehead atoms. The lowest BCUT2D eigenvalue weighted by Crippen LogP contribution is -2.55. The second-order valence-corrected chi connectivity index (χ2v) is 6.40. The number of morpholine rings is 1. The van der Waals surface area contributed by atoms with Crippen LogP contribution in [0.25, 0.3) is 0 Å². The molecule has 2 fully saturated rings. The Morgan fingerprint density at radius 2 is 1.46 bits per heavy atom. The summed E-state index contributed by atoms with van der Waals surface area (Å²) < 4.78 is 34.2. The number of rotatable bonds is 3. The third-order valence-electron chi connectivity index (χ3n) is 4.64. The van der Waals surface area contributed by atoms with E-state index in [1.54, 1.807) is 0 Å². The highest BCUT2D eigenvalue weighted by Crippen LogP contribution is 2.18. The largest absolute Gasteiger partial charge is 0.435 e. The maximum Gasteiger partial charge on any atom is 0.387 e. The summed E-state index contributed by atoms with van der Waals surface area (Å²) >= 11 is 0. The highest BCUT2D eigenvalue weighted by molar-refractivity contribution is 6.34. The van der Waals surface area contributed by atoms with Crippen LogP contribution in [0.1, 0.15) is 10.4 Å². The number of piperazine rings is 1. The molecule has 0 N–H and O–H groups in total. The minimum atomic E-state index is -2.97. The summed E-state index contributed by atoms with van der Waals surface area (Å²) in [6, 6.07) is 5.58. The summed E-state index contributed by atoms with van der Waals surface area (Å²) in [5, 5.41) is 0. The fourth-order valence-electron chi connectivity index (χ4n) is 3.14. The maximum atomic E-state index is 12.6. The number of carbonyl (C=O) groups excluding carboxylic acids is 3. The average molecular weight is 397 g/mol. The van der Waals surface area contributed by atoms with Gasteiger partial charge in [0, 0.05) is 44.8 Å². The molecule has 2 saturated heterocycles. The number of amides is 3. The Hall–Kier alpha value is -2.75. The fourth-order valence-corrected chi connectivity index (χ4v) is 3.14. The van der Waals surface area contributed by atoms with Crippen LogP contribution in [0.15, 0.2) is 24.3 Å². The molecule has 3 amide bonds. The first-order chi connectivity index (χ1) is 13.5.